The highest BCUT2D eigenvalue weighted by Gasteiger charge is 2.11. The van der Waals surface area contributed by atoms with E-state index in [1.807, 2.05) is 0 Å². The van der Waals surface area contributed by atoms with Gasteiger partial charge in [0.25, 0.3) is 5.91 Å². The molecule has 0 aromatic heterocycles. The van der Waals surface area contributed by atoms with Crippen LogP contribution in [0.15, 0.2) is 17.6 Å². The second kappa shape index (κ2) is 4.06. The van der Waals surface area contributed by atoms with Crippen molar-refractivity contribution in [2.45, 2.75) is 25.7 Å². The molecule has 11 heavy (non-hydrogen) atoms. The number of amides is 1. The fourth-order valence-electron chi connectivity index (χ4n) is 1.34. The molecule has 0 aliphatic heterocycles. The molecule has 0 bridgehead atoms. The monoisotopic (exact) mass is 151 g/mol. The molecule has 0 atom stereocenters. The summed E-state index contributed by atoms with van der Waals surface area (Å²) in [6, 6.07) is 0. The molecule has 0 aromatic carbocycles. The number of carbonyl (C=O) groups is 1. The van der Waals surface area contributed by atoms with Gasteiger partial charge in [-0.15, -0.1) is 0 Å². The van der Waals surface area contributed by atoms with E-state index in [0.29, 0.717) is 5.92 Å². The zero-order valence-electron chi connectivity index (χ0n) is 6.62. The lowest BCUT2D eigenvalue weighted by Crippen LogP contribution is -1.96. The summed E-state index contributed by atoms with van der Waals surface area (Å²) in [5.74, 6) is 0.316. The van der Waals surface area contributed by atoms with E-state index in [1.54, 1.807) is 6.21 Å². The predicted molar refractivity (Wildman–Crippen MR) is 45.7 cm³/mol. The molecular weight excluding hydrogens is 138 g/mol. The molecule has 0 N–H and O–H groups in total. The first-order valence-electron chi connectivity index (χ1n) is 4.03. The van der Waals surface area contributed by atoms with Crippen molar-refractivity contribution in [3.8, 4) is 0 Å². The maximum atomic E-state index is 10.7. The first-order chi connectivity index (χ1) is 5.33. The quantitative estimate of drug-likeness (QED) is 0.438. The Kier molecular flexibility index (Phi) is 3.02. The van der Waals surface area contributed by atoms with Crippen LogP contribution in [0.1, 0.15) is 25.7 Å². The minimum atomic E-state index is -0.225. The maximum absolute atomic E-state index is 10.7. The highest BCUT2D eigenvalue weighted by molar-refractivity contribution is 5.93. The molecule has 60 valence electrons. The van der Waals surface area contributed by atoms with E-state index in [1.165, 1.54) is 31.8 Å². The lowest BCUT2D eigenvalue weighted by atomic mass is 10.1. The number of hydrogen-bond donors (Lipinski definition) is 0. The molecule has 1 aliphatic rings. The van der Waals surface area contributed by atoms with Crippen LogP contribution in [0.3, 0.4) is 0 Å². The standard InChI is InChI=1S/C9H13NO/c1-2-9(11)10-7-8-5-3-4-6-8/h2,7-8H,1,3-6H2. The highest BCUT2D eigenvalue weighted by atomic mass is 16.1. The number of carbonyl (C=O) groups excluding carboxylic acids is 1. The fourth-order valence-corrected chi connectivity index (χ4v) is 1.34. The maximum Gasteiger partial charge on any atom is 0.268 e. The number of nitrogens with zero attached hydrogens (tertiary/aromatic N) is 1. The average Bonchev–Trinajstić information content (AvgIpc) is 2.52. The minimum absolute atomic E-state index is 0.225. The van der Waals surface area contributed by atoms with Crippen molar-refractivity contribution in [1.29, 1.82) is 0 Å². The number of hydrogen-bond acceptors (Lipinski definition) is 1. The summed E-state index contributed by atoms with van der Waals surface area (Å²) in [5, 5.41) is 0. The topological polar surface area (TPSA) is 29.4 Å². The molecule has 0 radical (unpaired) electrons. The van der Waals surface area contributed by atoms with Gasteiger partial charge in [-0.05, 0) is 24.8 Å². The van der Waals surface area contributed by atoms with E-state index in [4.69, 9.17) is 0 Å². The molecular formula is C9H13NO. The summed E-state index contributed by atoms with van der Waals surface area (Å²) in [5.41, 5.74) is 0. The Morgan fingerprint density at radius 3 is 2.64 bits per heavy atom. The van der Waals surface area contributed by atoms with E-state index < -0.39 is 0 Å². The molecule has 1 saturated carbocycles. The largest absolute Gasteiger partial charge is 0.268 e. The second-order valence-electron chi connectivity index (χ2n) is 2.87. The van der Waals surface area contributed by atoms with Crippen molar-refractivity contribution < 1.29 is 4.79 Å². The molecule has 1 fully saturated rings. The Morgan fingerprint density at radius 2 is 2.09 bits per heavy atom. The van der Waals surface area contributed by atoms with Gasteiger partial charge in [0.15, 0.2) is 0 Å². The van der Waals surface area contributed by atoms with E-state index >= 15 is 0 Å². The van der Waals surface area contributed by atoms with E-state index in [9.17, 15) is 4.79 Å². The van der Waals surface area contributed by atoms with Gasteiger partial charge >= 0.3 is 0 Å². The van der Waals surface area contributed by atoms with Crippen LogP contribution in [-0.4, -0.2) is 12.1 Å². The van der Waals surface area contributed by atoms with Crippen molar-refractivity contribution in [2.24, 2.45) is 10.9 Å². The van der Waals surface area contributed by atoms with Gasteiger partial charge in [-0.25, -0.2) is 4.99 Å². The third-order valence-corrected chi connectivity index (χ3v) is 1.99. The van der Waals surface area contributed by atoms with Crippen molar-refractivity contribution in [2.75, 3.05) is 0 Å². The molecule has 0 saturated heterocycles. The van der Waals surface area contributed by atoms with Crippen LogP contribution in [0.25, 0.3) is 0 Å². The lowest BCUT2D eigenvalue weighted by Gasteiger charge is -1.96. The van der Waals surface area contributed by atoms with Gasteiger partial charge in [-0.3, -0.25) is 4.79 Å². The van der Waals surface area contributed by atoms with Crippen molar-refractivity contribution >= 4 is 12.1 Å². The Morgan fingerprint density at radius 1 is 1.45 bits per heavy atom. The molecule has 1 amide bonds. The minimum Gasteiger partial charge on any atom is -0.268 e. The van der Waals surface area contributed by atoms with E-state index in [-0.39, 0.29) is 5.91 Å². The van der Waals surface area contributed by atoms with E-state index in [0.717, 1.165) is 0 Å². The van der Waals surface area contributed by atoms with Crippen LogP contribution in [0.4, 0.5) is 0 Å². The van der Waals surface area contributed by atoms with Gasteiger partial charge in [-0.2, -0.15) is 0 Å². The Bertz CT molecular complexity index is 178. The van der Waals surface area contributed by atoms with Gasteiger partial charge in [-0.1, -0.05) is 19.4 Å². The molecule has 1 rings (SSSR count). The van der Waals surface area contributed by atoms with Gasteiger partial charge < -0.3 is 0 Å². The molecule has 0 spiro atoms. The number of rotatable bonds is 2. The van der Waals surface area contributed by atoms with Crippen LogP contribution < -0.4 is 0 Å². The summed E-state index contributed by atoms with van der Waals surface area (Å²) < 4.78 is 0. The highest BCUT2D eigenvalue weighted by Crippen LogP contribution is 2.22. The Labute approximate surface area is 67.0 Å². The smallest absolute Gasteiger partial charge is 0.268 e. The number of aliphatic imine (C=N–C) groups is 1. The van der Waals surface area contributed by atoms with Crippen molar-refractivity contribution in [3.63, 3.8) is 0 Å². The Balaban J connectivity index is 2.33. The Hall–Kier alpha value is -0.920. The summed E-state index contributed by atoms with van der Waals surface area (Å²) in [7, 11) is 0. The van der Waals surface area contributed by atoms with Crippen LogP contribution in [0.2, 0.25) is 0 Å². The first kappa shape index (κ1) is 8.18. The van der Waals surface area contributed by atoms with Crippen molar-refractivity contribution in [1.82, 2.24) is 0 Å². The van der Waals surface area contributed by atoms with Crippen molar-refractivity contribution in [3.05, 3.63) is 12.7 Å². The van der Waals surface area contributed by atoms with Gasteiger partial charge in [0.05, 0.1) is 0 Å². The van der Waals surface area contributed by atoms with E-state index in [2.05, 4.69) is 11.6 Å². The normalized spacial score (nSPS) is 19.3. The van der Waals surface area contributed by atoms with Crippen LogP contribution in [-0.2, 0) is 4.79 Å². The zero-order chi connectivity index (χ0) is 8.10. The van der Waals surface area contributed by atoms with Crippen LogP contribution in [0.5, 0.6) is 0 Å². The third-order valence-electron chi connectivity index (χ3n) is 1.99. The molecule has 2 nitrogen and oxygen atoms in total. The average molecular weight is 151 g/mol. The molecule has 0 aromatic rings. The van der Waals surface area contributed by atoms with Gasteiger partial charge in [0, 0.05) is 6.21 Å². The van der Waals surface area contributed by atoms with Gasteiger partial charge in [0.1, 0.15) is 0 Å². The van der Waals surface area contributed by atoms with Gasteiger partial charge in [0.2, 0.25) is 0 Å². The SMILES string of the molecule is C=CC(=O)N=CC1CCCC1. The fraction of sp³-hybridized carbons (Fsp3) is 0.556. The lowest BCUT2D eigenvalue weighted by molar-refractivity contribution is -0.113. The second-order valence-corrected chi connectivity index (χ2v) is 2.87. The molecule has 0 unspecified atom stereocenters. The van der Waals surface area contributed by atoms with Crippen LogP contribution in [0, 0.1) is 5.92 Å². The predicted octanol–water partition coefficient (Wildman–Crippen LogP) is 1.96. The summed E-state index contributed by atoms with van der Waals surface area (Å²) in [4.78, 5) is 14.4. The summed E-state index contributed by atoms with van der Waals surface area (Å²) >= 11 is 0. The third kappa shape index (κ3) is 2.66. The molecule has 1 aliphatic carbocycles. The summed E-state index contributed by atoms with van der Waals surface area (Å²) in [6.07, 6.45) is 7.95. The van der Waals surface area contributed by atoms with Crippen LogP contribution >= 0.6 is 0 Å². The first-order valence-corrected chi connectivity index (χ1v) is 4.03. The summed E-state index contributed by atoms with van der Waals surface area (Å²) in [6.45, 7) is 3.34. The molecule has 0 heterocycles. The zero-order valence-corrected chi connectivity index (χ0v) is 6.62. The molecule has 2 heteroatoms.